The Kier molecular flexibility index (Phi) is 5.77. The molecule has 1 aromatic carbocycles. The van der Waals surface area contributed by atoms with Gasteiger partial charge in [0.1, 0.15) is 7.85 Å². The first-order chi connectivity index (χ1) is 8.56. The number of hydrogen-bond acceptors (Lipinski definition) is 1. The second kappa shape index (κ2) is 7.10. The molecule has 0 aliphatic carbocycles. The van der Waals surface area contributed by atoms with E-state index in [9.17, 15) is 0 Å². The minimum Gasteiger partial charge on any atom is -0.359 e. The van der Waals surface area contributed by atoms with Crippen molar-refractivity contribution in [3.8, 4) is 0 Å². The zero-order valence-electron chi connectivity index (χ0n) is 12.1. The highest BCUT2D eigenvalue weighted by molar-refractivity contribution is 6.08. The molecule has 1 unspecified atom stereocenters. The predicted octanol–water partition coefficient (Wildman–Crippen LogP) is 3.81. The summed E-state index contributed by atoms with van der Waals surface area (Å²) in [7, 11) is 2.24. The number of anilines is 1. The standard InChI is InChI=1S/C16H24BN/c1-5-13(3)14(4)18-16-8-6-15(7-9-16)10-12(2)11-17/h5-9,12,18H,1,10-11,17H2,2-4H3/b14-13-. The highest BCUT2D eigenvalue weighted by atomic mass is 14.9. The number of allylic oxidation sites excluding steroid dienone is 3. The van der Waals surface area contributed by atoms with Crippen LogP contribution in [0.4, 0.5) is 5.69 Å². The van der Waals surface area contributed by atoms with E-state index in [1.807, 2.05) is 6.08 Å². The molecule has 0 spiro atoms. The van der Waals surface area contributed by atoms with Crippen molar-refractivity contribution in [3.63, 3.8) is 0 Å². The highest BCUT2D eigenvalue weighted by Crippen LogP contribution is 2.17. The first kappa shape index (κ1) is 14.6. The summed E-state index contributed by atoms with van der Waals surface area (Å²) < 4.78 is 0. The van der Waals surface area contributed by atoms with Crippen molar-refractivity contribution in [1.82, 2.24) is 0 Å². The molecule has 0 fully saturated rings. The molecule has 96 valence electrons. The van der Waals surface area contributed by atoms with Gasteiger partial charge in [0.25, 0.3) is 0 Å². The fourth-order valence-corrected chi connectivity index (χ4v) is 1.74. The van der Waals surface area contributed by atoms with Crippen LogP contribution in [0.15, 0.2) is 48.2 Å². The summed E-state index contributed by atoms with van der Waals surface area (Å²) in [6.07, 6.45) is 4.28. The number of hydrogen-bond donors (Lipinski definition) is 1. The van der Waals surface area contributed by atoms with E-state index in [0.29, 0.717) is 0 Å². The zero-order chi connectivity index (χ0) is 13.5. The van der Waals surface area contributed by atoms with E-state index >= 15 is 0 Å². The highest BCUT2D eigenvalue weighted by Gasteiger charge is 2.01. The van der Waals surface area contributed by atoms with Crippen LogP contribution in [-0.2, 0) is 6.42 Å². The third kappa shape index (κ3) is 4.44. The lowest BCUT2D eigenvalue weighted by molar-refractivity contribution is 0.646. The monoisotopic (exact) mass is 241 g/mol. The van der Waals surface area contributed by atoms with Gasteiger partial charge in [-0.3, -0.25) is 0 Å². The normalized spacial score (nSPS) is 13.7. The first-order valence-electron chi connectivity index (χ1n) is 6.72. The molecule has 18 heavy (non-hydrogen) atoms. The molecule has 2 heteroatoms. The van der Waals surface area contributed by atoms with Crippen molar-refractivity contribution in [2.75, 3.05) is 5.32 Å². The summed E-state index contributed by atoms with van der Waals surface area (Å²) in [5, 5.41) is 3.40. The third-order valence-corrected chi connectivity index (χ3v) is 3.46. The fourth-order valence-electron chi connectivity index (χ4n) is 1.74. The third-order valence-electron chi connectivity index (χ3n) is 3.46. The van der Waals surface area contributed by atoms with Crippen molar-refractivity contribution in [3.05, 3.63) is 53.8 Å². The maximum atomic E-state index is 3.78. The van der Waals surface area contributed by atoms with Crippen molar-refractivity contribution in [2.45, 2.75) is 33.5 Å². The predicted molar refractivity (Wildman–Crippen MR) is 84.9 cm³/mol. The molecule has 1 rings (SSSR count). The van der Waals surface area contributed by atoms with Gasteiger partial charge in [0.15, 0.2) is 0 Å². The lowest BCUT2D eigenvalue weighted by Crippen LogP contribution is -2.00. The van der Waals surface area contributed by atoms with E-state index in [2.05, 4.69) is 64.8 Å². The second-order valence-electron chi connectivity index (χ2n) is 5.05. The van der Waals surface area contributed by atoms with Gasteiger partial charge in [-0.15, -0.1) is 0 Å². The van der Waals surface area contributed by atoms with E-state index in [1.165, 1.54) is 17.5 Å². The number of benzene rings is 1. The van der Waals surface area contributed by atoms with Gasteiger partial charge >= 0.3 is 0 Å². The summed E-state index contributed by atoms with van der Waals surface area (Å²) in [6.45, 7) is 10.2. The second-order valence-corrected chi connectivity index (χ2v) is 5.05. The fraction of sp³-hybridized carbons (Fsp3) is 0.375. The minimum absolute atomic E-state index is 0.758. The van der Waals surface area contributed by atoms with E-state index < -0.39 is 0 Å². The lowest BCUT2D eigenvalue weighted by Gasteiger charge is -2.11. The molecule has 1 nitrogen and oxygen atoms in total. The first-order valence-corrected chi connectivity index (χ1v) is 6.72. The van der Waals surface area contributed by atoms with Gasteiger partial charge in [-0.2, -0.15) is 0 Å². The molecule has 0 aliphatic rings. The van der Waals surface area contributed by atoms with Crippen LogP contribution in [-0.4, -0.2) is 7.85 Å². The van der Waals surface area contributed by atoms with Crippen molar-refractivity contribution in [1.29, 1.82) is 0 Å². The summed E-state index contributed by atoms with van der Waals surface area (Å²) in [5.74, 6) is 0.758. The molecule has 0 aromatic heterocycles. The van der Waals surface area contributed by atoms with Crippen LogP contribution in [0, 0.1) is 5.92 Å². The Labute approximate surface area is 112 Å². The molecule has 0 heterocycles. The smallest absolute Gasteiger partial charge is 0.101 e. The molecule has 0 bridgehead atoms. The van der Waals surface area contributed by atoms with Gasteiger partial charge in [-0.05, 0) is 49.5 Å². The lowest BCUT2D eigenvalue weighted by atomic mass is 9.88. The van der Waals surface area contributed by atoms with Gasteiger partial charge < -0.3 is 5.32 Å². The van der Waals surface area contributed by atoms with Gasteiger partial charge in [0.05, 0.1) is 0 Å². The van der Waals surface area contributed by atoms with Crippen LogP contribution < -0.4 is 5.32 Å². The van der Waals surface area contributed by atoms with Gasteiger partial charge in [-0.1, -0.05) is 38.0 Å². The van der Waals surface area contributed by atoms with E-state index in [4.69, 9.17) is 0 Å². The average molecular weight is 241 g/mol. The Balaban J connectivity index is 2.69. The molecule has 0 radical (unpaired) electrons. The van der Waals surface area contributed by atoms with E-state index in [0.717, 1.165) is 23.7 Å². The molecule has 1 aromatic rings. The molecule has 0 amide bonds. The zero-order valence-corrected chi connectivity index (χ0v) is 12.1. The van der Waals surface area contributed by atoms with Crippen LogP contribution >= 0.6 is 0 Å². The topological polar surface area (TPSA) is 12.0 Å². The minimum atomic E-state index is 0.758. The van der Waals surface area contributed by atoms with Crippen LogP contribution in [0.2, 0.25) is 6.32 Å². The Bertz CT molecular complexity index is 417. The summed E-state index contributed by atoms with van der Waals surface area (Å²) in [5.41, 5.74) is 4.89. The van der Waals surface area contributed by atoms with Crippen LogP contribution in [0.5, 0.6) is 0 Å². The molecule has 1 N–H and O–H groups in total. The van der Waals surface area contributed by atoms with Gasteiger partial charge in [-0.25, -0.2) is 0 Å². The van der Waals surface area contributed by atoms with Crippen LogP contribution in [0.25, 0.3) is 0 Å². The molecule has 1 atom stereocenters. The number of rotatable bonds is 6. The van der Waals surface area contributed by atoms with Crippen LogP contribution in [0.3, 0.4) is 0 Å². The molecular formula is C16H24BN. The molecule has 0 aliphatic heterocycles. The summed E-state index contributed by atoms with van der Waals surface area (Å²) >= 11 is 0. The SMILES string of the molecule is BCC(C)Cc1ccc(N/C(C)=C(/C)C=C)cc1. The van der Waals surface area contributed by atoms with Crippen molar-refractivity contribution < 1.29 is 0 Å². The largest absolute Gasteiger partial charge is 0.359 e. The van der Waals surface area contributed by atoms with Crippen molar-refractivity contribution in [2.24, 2.45) is 5.92 Å². The Morgan fingerprint density at radius 1 is 1.33 bits per heavy atom. The summed E-state index contributed by atoms with van der Waals surface area (Å²) in [6, 6.07) is 8.73. The Morgan fingerprint density at radius 3 is 2.44 bits per heavy atom. The molecular weight excluding hydrogens is 217 g/mol. The molecule has 0 saturated heterocycles. The van der Waals surface area contributed by atoms with Gasteiger partial charge in [0, 0.05) is 11.4 Å². The maximum Gasteiger partial charge on any atom is 0.101 e. The summed E-state index contributed by atoms with van der Waals surface area (Å²) in [4.78, 5) is 0. The maximum absolute atomic E-state index is 3.78. The molecule has 0 saturated carbocycles. The van der Waals surface area contributed by atoms with Crippen LogP contribution in [0.1, 0.15) is 26.3 Å². The van der Waals surface area contributed by atoms with Crippen molar-refractivity contribution >= 4 is 13.5 Å². The Hall–Kier alpha value is -1.44. The average Bonchev–Trinajstić information content (AvgIpc) is 2.39. The quantitative estimate of drug-likeness (QED) is 0.590. The van der Waals surface area contributed by atoms with E-state index in [1.54, 1.807) is 0 Å². The Morgan fingerprint density at radius 2 is 1.94 bits per heavy atom. The number of nitrogens with one attached hydrogen (secondary N) is 1. The van der Waals surface area contributed by atoms with Gasteiger partial charge in [0.2, 0.25) is 0 Å². The van der Waals surface area contributed by atoms with E-state index in [-0.39, 0.29) is 0 Å².